The van der Waals surface area contributed by atoms with Gasteiger partial charge in [0, 0.05) is 11.9 Å². The highest BCUT2D eigenvalue weighted by atomic mass is 32.2. The normalized spacial score (nSPS) is 25.1. The molecule has 1 rings (SSSR count). The zero-order chi connectivity index (χ0) is 13.4. The molecule has 0 aromatic heterocycles. The minimum Gasteiger partial charge on any atom is -0.468 e. The Balaban J connectivity index is 2.25. The summed E-state index contributed by atoms with van der Waals surface area (Å²) in [6.07, 6.45) is 3.31. The minimum absolute atomic E-state index is 0.153. The van der Waals surface area contributed by atoms with Crippen molar-refractivity contribution < 1.29 is 14.3 Å². The molecule has 3 atom stereocenters. The lowest BCUT2D eigenvalue weighted by molar-refractivity contribution is -0.143. The number of hydrogen-bond acceptors (Lipinski definition) is 5. The van der Waals surface area contributed by atoms with Gasteiger partial charge in [-0.05, 0) is 38.5 Å². The zero-order valence-corrected chi connectivity index (χ0v) is 12.4. The summed E-state index contributed by atoms with van der Waals surface area (Å²) in [4.78, 5) is 11.6. The Morgan fingerprint density at radius 1 is 1.61 bits per heavy atom. The van der Waals surface area contributed by atoms with Gasteiger partial charge in [0.05, 0.1) is 13.2 Å². The lowest BCUT2D eigenvalue weighted by Crippen LogP contribution is -2.38. The van der Waals surface area contributed by atoms with Gasteiger partial charge in [-0.2, -0.15) is 11.8 Å². The van der Waals surface area contributed by atoms with Gasteiger partial charge in [-0.25, -0.2) is 0 Å². The zero-order valence-electron chi connectivity index (χ0n) is 11.6. The van der Waals surface area contributed by atoms with Gasteiger partial charge < -0.3 is 14.8 Å². The van der Waals surface area contributed by atoms with E-state index in [1.165, 1.54) is 7.11 Å². The Morgan fingerprint density at radius 2 is 2.39 bits per heavy atom. The second-order valence-electron chi connectivity index (χ2n) is 4.59. The van der Waals surface area contributed by atoms with E-state index in [-0.39, 0.29) is 12.0 Å². The average Bonchev–Trinajstić information content (AvgIpc) is 2.78. The van der Waals surface area contributed by atoms with E-state index in [0.717, 1.165) is 38.2 Å². The van der Waals surface area contributed by atoms with Gasteiger partial charge in [0.1, 0.15) is 6.04 Å². The van der Waals surface area contributed by atoms with Crippen LogP contribution in [0.25, 0.3) is 0 Å². The first-order valence-electron chi connectivity index (χ1n) is 6.73. The van der Waals surface area contributed by atoms with E-state index in [9.17, 15) is 4.79 Å². The van der Waals surface area contributed by atoms with Crippen molar-refractivity contribution in [3.8, 4) is 0 Å². The number of hydrogen-bond donors (Lipinski definition) is 1. The average molecular weight is 275 g/mol. The molecule has 0 amide bonds. The monoisotopic (exact) mass is 275 g/mol. The predicted octanol–water partition coefficient (Wildman–Crippen LogP) is 1.83. The van der Waals surface area contributed by atoms with Crippen LogP contribution in [-0.4, -0.2) is 49.4 Å². The third-order valence-electron chi connectivity index (χ3n) is 3.17. The Morgan fingerprint density at radius 3 is 2.94 bits per heavy atom. The summed E-state index contributed by atoms with van der Waals surface area (Å²) >= 11 is 1.91. The van der Waals surface area contributed by atoms with E-state index in [4.69, 9.17) is 9.47 Å². The van der Waals surface area contributed by atoms with E-state index in [1.807, 2.05) is 11.8 Å². The van der Waals surface area contributed by atoms with Crippen molar-refractivity contribution >= 4 is 17.7 Å². The highest BCUT2D eigenvalue weighted by molar-refractivity contribution is 7.99. The summed E-state index contributed by atoms with van der Waals surface area (Å²) in [5, 5.41) is 3.82. The Kier molecular flexibility index (Phi) is 7.70. The quantitative estimate of drug-likeness (QED) is 0.685. The minimum atomic E-state index is -0.167. The first-order valence-corrected chi connectivity index (χ1v) is 7.78. The second kappa shape index (κ2) is 8.77. The lowest BCUT2D eigenvalue weighted by atomic mass is 10.2. The fourth-order valence-electron chi connectivity index (χ4n) is 2.03. The third-order valence-corrected chi connectivity index (χ3v) is 4.69. The smallest absolute Gasteiger partial charge is 0.322 e. The molecule has 4 nitrogen and oxygen atoms in total. The van der Waals surface area contributed by atoms with Gasteiger partial charge in [0.15, 0.2) is 0 Å². The SMILES string of the molecule is CCCNC(CCSC1CCOC1C)C(=O)OC. The molecule has 0 bridgehead atoms. The topological polar surface area (TPSA) is 47.6 Å². The van der Waals surface area contributed by atoms with Crippen LogP contribution in [0.15, 0.2) is 0 Å². The van der Waals surface area contributed by atoms with Crippen LogP contribution < -0.4 is 5.32 Å². The molecule has 3 unspecified atom stereocenters. The summed E-state index contributed by atoms with van der Waals surface area (Å²) in [6, 6.07) is -0.167. The predicted molar refractivity (Wildman–Crippen MR) is 75.0 cm³/mol. The molecule has 1 N–H and O–H groups in total. The van der Waals surface area contributed by atoms with Crippen molar-refractivity contribution in [2.24, 2.45) is 0 Å². The second-order valence-corrected chi connectivity index (χ2v) is 5.94. The Bertz CT molecular complexity index is 250. The molecule has 1 heterocycles. The van der Waals surface area contributed by atoms with E-state index in [1.54, 1.807) is 0 Å². The molecule has 1 aliphatic rings. The van der Waals surface area contributed by atoms with Crippen molar-refractivity contribution in [3.63, 3.8) is 0 Å². The fourth-order valence-corrected chi connectivity index (χ4v) is 3.32. The molecule has 1 aliphatic heterocycles. The van der Waals surface area contributed by atoms with Gasteiger partial charge in [-0.15, -0.1) is 0 Å². The summed E-state index contributed by atoms with van der Waals surface area (Å²) in [6.45, 7) is 5.94. The molecule has 1 saturated heterocycles. The maximum Gasteiger partial charge on any atom is 0.322 e. The number of carbonyl (C=O) groups is 1. The van der Waals surface area contributed by atoms with Crippen molar-refractivity contribution in [1.82, 2.24) is 5.32 Å². The van der Waals surface area contributed by atoms with E-state index in [0.29, 0.717) is 11.4 Å². The first kappa shape index (κ1) is 15.8. The first-order chi connectivity index (χ1) is 8.69. The molecule has 106 valence electrons. The van der Waals surface area contributed by atoms with E-state index in [2.05, 4.69) is 19.2 Å². The van der Waals surface area contributed by atoms with Crippen molar-refractivity contribution in [2.75, 3.05) is 26.0 Å². The molecule has 1 fully saturated rings. The van der Waals surface area contributed by atoms with Gasteiger partial charge in [0.25, 0.3) is 0 Å². The molecular weight excluding hydrogens is 250 g/mol. The van der Waals surface area contributed by atoms with Crippen molar-refractivity contribution in [1.29, 1.82) is 0 Å². The van der Waals surface area contributed by atoms with Crippen LogP contribution in [0.5, 0.6) is 0 Å². The van der Waals surface area contributed by atoms with Crippen molar-refractivity contribution in [3.05, 3.63) is 0 Å². The molecule has 0 aromatic rings. The molecule has 0 spiro atoms. The molecule has 0 aromatic carbocycles. The van der Waals surface area contributed by atoms with Crippen LogP contribution in [-0.2, 0) is 14.3 Å². The van der Waals surface area contributed by atoms with E-state index >= 15 is 0 Å². The van der Waals surface area contributed by atoms with Gasteiger partial charge >= 0.3 is 5.97 Å². The number of thioether (sulfide) groups is 1. The molecule has 18 heavy (non-hydrogen) atoms. The standard InChI is InChI=1S/C13H25NO3S/c1-4-7-14-11(13(15)16-3)6-9-18-12-5-8-17-10(12)2/h10-12,14H,4-9H2,1-3H3. The summed E-state index contributed by atoms with van der Waals surface area (Å²) in [5.41, 5.74) is 0. The molecular formula is C13H25NO3S. The molecule has 0 saturated carbocycles. The van der Waals surface area contributed by atoms with E-state index < -0.39 is 0 Å². The van der Waals surface area contributed by atoms with Crippen LogP contribution in [0, 0.1) is 0 Å². The number of ether oxygens (including phenoxy) is 2. The largest absolute Gasteiger partial charge is 0.468 e. The summed E-state index contributed by atoms with van der Waals surface area (Å²) in [7, 11) is 1.45. The maximum atomic E-state index is 11.6. The molecule has 5 heteroatoms. The van der Waals surface area contributed by atoms with Crippen LogP contribution in [0.4, 0.5) is 0 Å². The van der Waals surface area contributed by atoms with Crippen LogP contribution in [0.2, 0.25) is 0 Å². The van der Waals surface area contributed by atoms with Crippen LogP contribution in [0.1, 0.15) is 33.1 Å². The number of esters is 1. The fraction of sp³-hybridized carbons (Fsp3) is 0.923. The highest BCUT2D eigenvalue weighted by Crippen LogP contribution is 2.26. The van der Waals surface area contributed by atoms with Crippen molar-refractivity contribution in [2.45, 2.75) is 50.5 Å². The van der Waals surface area contributed by atoms with Gasteiger partial charge in [0.2, 0.25) is 0 Å². The number of carbonyl (C=O) groups excluding carboxylic acids is 1. The number of rotatable bonds is 8. The van der Waals surface area contributed by atoms with Gasteiger partial charge in [-0.1, -0.05) is 6.92 Å². The number of methoxy groups -OCH3 is 1. The molecule has 0 aliphatic carbocycles. The van der Waals surface area contributed by atoms with Gasteiger partial charge in [-0.3, -0.25) is 4.79 Å². The third kappa shape index (κ3) is 5.16. The lowest BCUT2D eigenvalue weighted by Gasteiger charge is -2.18. The highest BCUT2D eigenvalue weighted by Gasteiger charge is 2.25. The number of nitrogens with one attached hydrogen (secondary N) is 1. The summed E-state index contributed by atoms with van der Waals surface area (Å²) in [5.74, 6) is 0.814. The Hall–Kier alpha value is -0.260. The maximum absolute atomic E-state index is 11.6. The molecule has 0 radical (unpaired) electrons. The Labute approximate surface area is 114 Å². The van der Waals surface area contributed by atoms with Crippen LogP contribution in [0.3, 0.4) is 0 Å². The van der Waals surface area contributed by atoms with Crippen LogP contribution >= 0.6 is 11.8 Å². The summed E-state index contributed by atoms with van der Waals surface area (Å²) < 4.78 is 10.3.